The summed E-state index contributed by atoms with van der Waals surface area (Å²) in [6.45, 7) is 3.33. The van der Waals surface area contributed by atoms with Crippen LogP contribution in [0.5, 0.6) is 0 Å². The first-order chi connectivity index (χ1) is 10.5. The number of likely N-dealkylation sites (tertiary alicyclic amines) is 1. The highest BCUT2D eigenvalue weighted by Crippen LogP contribution is 2.18. The molecule has 1 amide bonds. The van der Waals surface area contributed by atoms with Crippen molar-refractivity contribution in [3.8, 4) is 0 Å². The minimum atomic E-state index is -0.586. The van der Waals surface area contributed by atoms with Gasteiger partial charge in [-0.1, -0.05) is 17.7 Å². The lowest BCUT2D eigenvalue weighted by molar-refractivity contribution is 0.0936. The van der Waals surface area contributed by atoms with Crippen LogP contribution in [0.4, 0.5) is 4.39 Å². The van der Waals surface area contributed by atoms with Crippen LogP contribution in [-0.4, -0.2) is 62.0 Å². The fourth-order valence-corrected chi connectivity index (χ4v) is 3.04. The molecule has 1 aliphatic heterocycles. The number of halogens is 2. The molecule has 2 rings (SSSR count). The second-order valence-corrected chi connectivity index (χ2v) is 6.30. The topological polar surface area (TPSA) is 35.6 Å². The Balaban J connectivity index is 1.76. The van der Waals surface area contributed by atoms with Gasteiger partial charge in [0.25, 0.3) is 5.91 Å². The van der Waals surface area contributed by atoms with E-state index in [4.69, 9.17) is 11.6 Å². The van der Waals surface area contributed by atoms with E-state index >= 15 is 0 Å². The standard InChI is InChI=1S/C16H23ClFN3O/c1-20(2)12-6-9-21(10-7-12)11-8-19-16(22)15-13(17)4-3-5-14(15)18/h3-5,12H,6-11H2,1-2H3,(H,19,22). The summed E-state index contributed by atoms with van der Waals surface area (Å²) in [6, 6.07) is 4.89. The van der Waals surface area contributed by atoms with Crippen molar-refractivity contribution in [2.75, 3.05) is 40.3 Å². The number of carbonyl (C=O) groups is 1. The van der Waals surface area contributed by atoms with Gasteiger partial charge >= 0.3 is 0 Å². The van der Waals surface area contributed by atoms with Crippen LogP contribution >= 0.6 is 11.6 Å². The van der Waals surface area contributed by atoms with E-state index in [2.05, 4.69) is 29.2 Å². The molecule has 1 aromatic rings. The summed E-state index contributed by atoms with van der Waals surface area (Å²) < 4.78 is 13.6. The zero-order valence-corrected chi connectivity index (χ0v) is 13.9. The van der Waals surface area contributed by atoms with E-state index in [-0.39, 0.29) is 10.6 Å². The van der Waals surface area contributed by atoms with Gasteiger partial charge in [-0.3, -0.25) is 4.79 Å². The van der Waals surface area contributed by atoms with Crippen molar-refractivity contribution in [1.82, 2.24) is 15.1 Å². The number of benzene rings is 1. The zero-order chi connectivity index (χ0) is 16.1. The number of piperidine rings is 1. The quantitative estimate of drug-likeness (QED) is 0.901. The number of hydrogen-bond acceptors (Lipinski definition) is 3. The zero-order valence-electron chi connectivity index (χ0n) is 13.1. The molecule has 1 N–H and O–H groups in total. The van der Waals surface area contributed by atoms with Crippen LogP contribution in [0.2, 0.25) is 5.02 Å². The lowest BCUT2D eigenvalue weighted by Gasteiger charge is -2.35. The molecule has 22 heavy (non-hydrogen) atoms. The predicted molar refractivity (Wildman–Crippen MR) is 86.9 cm³/mol. The van der Waals surface area contributed by atoms with Gasteiger partial charge in [0.05, 0.1) is 10.6 Å². The molecular formula is C16H23ClFN3O. The van der Waals surface area contributed by atoms with E-state index in [9.17, 15) is 9.18 Å². The van der Waals surface area contributed by atoms with Gasteiger partial charge in [0.15, 0.2) is 0 Å². The van der Waals surface area contributed by atoms with Gasteiger partial charge in [-0.05, 0) is 52.2 Å². The van der Waals surface area contributed by atoms with Gasteiger partial charge in [-0.2, -0.15) is 0 Å². The average Bonchev–Trinajstić information content (AvgIpc) is 2.47. The second kappa shape index (κ2) is 7.90. The van der Waals surface area contributed by atoms with Crippen molar-refractivity contribution in [3.05, 3.63) is 34.6 Å². The summed E-state index contributed by atoms with van der Waals surface area (Å²) in [5, 5.41) is 2.89. The van der Waals surface area contributed by atoms with Crippen molar-refractivity contribution < 1.29 is 9.18 Å². The Bertz CT molecular complexity index is 496. The van der Waals surface area contributed by atoms with E-state index < -0.39 is 11.7 Å². The molecule has 1 fully saturated rings. The lowest BCUT2D eigenvalue weighted by atomic mass is 10.0. The van der Waals surface area contributed by atoms with Crippen molar-refractivity contribution in [2.45, 2.75) is 18.9 Å². The summed E-state index contributed by atoms with van der Waals surface area (Å²) in [7, 11) is 4.22. The number of hydrogen-bond donors (Lipinski definition) is 1. The molecular weight excluding hydrogens is 305 g/mol. The molecule has 0 saturated carbocycles. The number of carbonyl (C=O) groups excluding carboxylic acids is 1. The smallest absolute Gasteiger partial charge is 0.255 e. The highest BCUT2D eigenvalue weighted by Gasteiger charge is 2.20. The maximum absolute atomic E-state index is 13.6. The van der Waals surface area contributed by atoms with Gasteiger partial charge in [0.2, 0.25) is 0 Å². The van der Waals surface area contributed by atoms with Crippen molar-refractivity contribution in [1.29, 1.82) is 0 Å². The molecule has 0 bridgehead atoms. The Morgan fingerprint density at radius 1 is 1.41 bits per heavy atom. The number of nitrogens with one attached hydrogen (secondary N) is 1. The number of rotatable bonds is 5. The first-order valence-corrected chi connectivity index (χ1v) is 7.98. The molecule has 0 unspecified atom stereocenters. The van der Waals surface area contributed by atoms with E-state index in [1.165, 1.54) is 18.2 Å². The fourth-order valence-electron chi connectivity index (χ4n) is 2.79. The summed E-state index contributed by atoms with van der Waals surface area (Å²) >= 11 is 5.88. The van der Waals surface area contributed by atoms with Crippen molar-refractivity contribution in [3.63, 3.8) is 0 Å². The molecule has 1 aromatic carbocycles. The molecule has 1 heterocycles. The summed E-state index contributed by atoms with van der Waals surface area (Å²) in [5.74, 6) is -1.04. The third kappa shape index (κ3) is 4.41. The van der Waals surface area contributed by atoms with Gasteiger partial charge in [0.1, 0.15) is 5.82 Å². The molecule has 6 heteroatoms. The maximum atomic E-state index is 13.6. The Hall–Kier alpha value is -1.17. The van der Waals surface area contributed by atoms with Gasteiger partial charge < -0.3 is 15.1 Å². The molecule has 0 aliphatic carbocycles. The van der Waals surface area contributed by atoms with E-state index in [1.807, 2.05) is 0 Å². The van der Waals surface area contributed by atoms with Crippen molar-refractivity contribution in [2.24, 2.45) is 0 Å². The Labute approximate surface area is 136 Å². The first kappa shape index (κ1) is 17.2. The minimum Gasteiger partial charge on any atom is -0.351 e. The SMILES string of the molecule is CN(C)C1CCN(CCNC(=O)c2c(F)cccc2Cl)CC1. The van der Waals surface area contributed by atoms with Crippen LogP contribution in [0.25, 0.3) is 0 Å². The largest absolute Gasteiger partial charge is 0.351 e. The van der Waals surface area contributed by atoms with E-state index in [1.54, 1.807) is 0 Å². The average molecular weight is 328 g/mol. The molecule has 1 saturated heterocycles. The highest BCUT2D eigenvalue weighted by molar-refractivity contribution is 6.33. The van der Waals surface area contributed by atoms with Crippen LogP contribution in [0.15, 0.2) is 18.2 Å². The molecule has 0 radical (unpaired) electrons. The minimum absolute atomic E-state index is 0.0736. The van der Waals surface area contributed by atoms with Crippen LogP contribution in [-0.2, 0) is 0 Å². The Morgan fingerprint density at radius 2 is 2.09 bits per heavy atom. The van der Waals surface area contributed by atoms with E-state index in [0.717, 1.165) is 32.5 Å². The van der Waals surface area contributed by atoms with Crippen LogP contribution < -0.4 is 5.32 Å². The third-order valence-electron chi connectivity index (χ3n) is 4.19. The van der Waals surface area contributed by atoms with Gasteiger partial charge in [0, 0.05) is 19.1 Å². The molecule has 0 spiro atoms. The molecule has 0 aromatic heterocycles. The van der Waals surface area contributed by atoms with Gasteiger partial charge in [-0.25, -0.2) is 4.39 Å². The third-order valence-corrected chi connectivity index (χ3v) is 4.51. The second-order valence-electron chi connectivity index (χ2n) is 5.89. The summed E-state index contributed by atoms with van der Waals surface area (Å²) in [6.07, 6.45) is 2.28. The maximum Gasteiger partial charge on any atom is 0.255 e. The van der Waals surface area contributed by atoms with Gasteiger partial charge in [-0.15, -0.1) is 0 Å². The number of amides is 1. The summed E-state index contributed by atoms with van der Waals surface area (Å²) in [4.78, 5) is 16.6. The molecule has 4 nitrogen and oxygen atoms in total. The monoisotopic (exact) mass is 327 g/mol. The van der Waals surface area contributed by atoms with E-state index in [0.29, 0.717) is 12.6 Å². The Kier molecular flexibility index (Phi) is 6.17. The normalized spacial score (nSPS) is 17.0. The number of nitrogens with zero attached hydrogens (tertiary/aromatic N) is 2. The first-order valence-electron chi connectivity index (χ1n) is 7.60. The molecule has 122 valence electrons. The fraction of sp³-hybridized carbons (Fsp3) is 0.562. The predicted octanol–water partition coefficient (Wildman–Crippen LogP) is 2.23. The van der Waals surface area contributed by atoms with Crippen LogP contribution in [0, 0.1) is 5.82 Å². The highest BCUT2D eigenvalue weighted by atomic mass is 35.5. The van der Waals surface area contributed by atoms with Crippen LogP contribution in [0.1, 0.15) is 23.2 Å². The summed E-state index contributed by atoms with van der Waals surface area (Å²) in [5.41, 5.74) is -0.0736. The lowest BCUT2D eigenvalue weighted by Crippen LogP contribution is -2.44. The Morgan fingerprint density at radius 3 is 2.68 bits per heavy atom. The van der Waals surface area contributed by atoms with Crippen molar-refractivity contribution >= 4 is 17.5 Å². The van der Waals surface area contributed by atoms with Crippen LogP contribution in [0.3, 0.4) is 0 Å². The molecule has 0 atom stereocenters. The molecule has 1 aliphatic rings.